The Bertz CT molecular complexity index is 1060. The molecular weight excluding hydrogens is 352 g/mol. The van der Waals surface area contributed by atoms with Gasteiger partial charge in [-0.3, -0.25) is 9.59 Å². The monoisotopic (exact) mass is 376 g/mol. The molecule has 6 nitrogen and oxygen atoms in total. The molecule has 0 N–H and O–H groups in total. The Kier molecular flexibility index (Phi) is 4.96. The number of likely N-dealkylation sites (N-methyl/N-ethyl adjacent to an activating group) is 1. The predicted molar refractivity (Wildman–Crippen MR) is 111 cm³/mol. The number of carbonyl (C=O) groups excluding carboxylic acids is 1. The molecule has 2 heterocycles. The summed E-state index contributed by atoms with van der Waals surface area (Å²) >= 11 is 0. The van der Waals surface area contributed by atoms with Gasteiger partial charge in [-0.25, -0.2) is 4.98 Å². The summed E-state index contributed by atoms with van der Waals surface area (Å²) in [4.78, 5) is 34.3. The van der Waals surface area contributed by atoms with E-state index in [0.717, 1.165) is 42.8 Å². The van der Waals surface area contributed by atoms with E-state index in [1.165, 1.54) is 0 Å². The maximum atomic E-state index is 12.9. The number of carbonyl (C=O) groups is 1. The second-order valence-electron chi connectivity index (χ2n) is 7.17. The topological polar surface area (TPSA) is 58.4 Å². The maximum Gasteiger partial charge on any atom is 0.277 e. The number of rotatable bonds is 3. The summed E-state index contributed by atoms with van der Waals surface area (Å²) in [6.45, 7) is 5.79. The van der Waals surface area contributed by atoms with Crippen molar-refractivity contribution < 1.29 is 4.79 Å². The molecule has 1 aliphatic rings. The first-order valence-corrected chi connectivity index (χ1v) is 9.66. The number of nitrogens with zero attached hydrogens (tertiary/aromatic N) is 4. The van der Waals surface area contributed by atoms with Crippen molar-refractivity contribution in [2.75, 3.05) is 33.2 Å². The number of hydrogen-bond donors (Lipinski definition) is 0. The third-order valence-electron chi connectivity index (χ3n) is 5.36. The minimum Gasteiger partial charge on any atom is -0.336 e. The van der Waals surface area contributed by atoms with Crippen LogP contribution in [0.15, 0.2) is 53.3 Å². The minimum absolute atomic E-state index is 0.0390. The summed E-state index contributed by atoms with van der Waals surface area (Å²) in [6.07, 6.45) is 0. The Hall–Kier alpha value is -2.99. The van der Waals surface area contributed by atoms with E-state index < -0.39 is 0 Å². The fourth-order valence-corrected chi connectivity index (χ4v) is 3.66. The number of hydrogen-bond acceptors (Lipinski definition) is 4. The summed E-state index contributed by atoms with van der Waals surface area (Å²) in [5.74, 6) is 0.0390. The molecular formula is C22H24N4O2. The highest BCUT2D eigenvalue weighted by Crippen LogP contribution is 2.19. The van der Waals surface area contributed by atoms with Crippen LogP contribution in [0.5, 0.6) is 0 Å². The number of aryl methyl sites for hydroxylation is 1. The average molecular weight is 376 g/mol. The smallest absolute Gasteiger partial charge is 0.277 e. The molecule has 0 unspecified atom stereocenters. The Morgan fingerprint density at radius 1 is 1.00 bits per heavy atom. The van der Waals surface area contributed by atoms with Crippen LogP contribution in [0.4, 0.5) is 0 Å². The van der Waals surface area contributed by atoms with Crippen molar-refractivity contribution in [1.82, 2.24) is 19.4 Å². The van der Waals surface area contributed by atoms with Gasteiger partial charge < -0.3 is 14.4 Å². The quantitative estimate of drug-likeness (QED) is 0.705. The van der Waals surface area contributed by atoms with Gasteiger partial charge in [-0.1, -0.05) is 24.3 Å². The first-order valence-electron chi connectivity index (χ1n) is 9.66. The standard InChI is InChI=1S/C22H24N4O2/c1-3-26-19-7-5-4-6-18(19)23-20(22(26)28)16-8-10-17(11-9-16)21(27)25-14-12-24(2)13-15-25/h4-11H,3,12-15H2,1-2H3. The Morgan fingerprint density at radius 3 is 2.36 bits per heavy atom. The molecule has 1 saturated heterocycles. The summed E-state index contributed by atoms with van der Waals surface area (Å²) in [5.41, 5.74) is 3.30. The van der Waals surface area contributed by atoms with Gasteiger partial charge in [-0.05, 0) is 38.2 Å². The van der Waals surface area contributed by atoms with Gasteiger partial charge >= 0.3 is 0 Å². The van der Waals surface area contributed by atoms with E-state index in [1.807, 2.05) is 48.2 Å². The lowest BCUT2D eigenvalue weighted by atomic mass is 10.1. The van der Waals surface area contributed by atoms with Crippen molar-refractivity contribution in [3.05, 3.63) is 64.4 Å². The van der Waals surface area contributed by atoms with Crippen LogP contribution >= 0.6 is 0 Å². The molecule has 144 valence electrons. The van der Waals surface area contributed by atoms with Crippen LogP contribution in [0.1, 0.15) is 17.3 Å². The van der Waals surface area contributed by atoms with Crippen molar-refractivity contribution in [2.45, 2.75) is 13.5 Å². The molecule has 0 bridgehead atoms. The molecule has 1 aromatic heterocycles. The number of amides is 1. The average Bonchev–Trinajstić information content (AvgIpc) is 2.73. The number of fused-ring (bicyclic) bond motifs is 1. The second kappa shape index (κ2) is 7.56. The normalized spacial score (nSPS) is 15.1. The third-order valence-corrected chi connectivity index (χ3v) is 5.36. The van der Waals surface area contributed by atoms with Gasteiger partial charge in [0.1, 0.15) is 5.69 Å². The maximum absolute atomic E-state index is 12.9. The summed E-state index contributed by atoms with van der Waals surface area (Å²) < 4.78 is 1.74. The van der Waals surface area contributed by atoms with E-state index in [2.05, 4.69) is 16.9 Å². The van der Waals surface area contributed by atoms with Gasteiger partial charge in [0.05, 0.1) is 11.0 Å². The van der Waals surface area contributed by atoms with Crippen molar-refractivity contribution in [2.24, 2.45) is 0 Å². The van der Waals surface area contributed by atoms with E-state index in [1.54, 1.807) is 16.7 Å². The first-order chi connectivity index (χ1) is 13.6. The molecule has 3 aromatic rings. The number of benzene rings is 2. The fourth-order valence-electron chi connectivity index (χ4n) is 3.66. The molecule has 0 aliphatic carbocycles. The Labute approximate surface area is 164 Å². The summed E-state index contributed by atoms with van der Waals surface area (Å²) in [5, 5.41) is 0. The van der Waals surface area contributed by atoms with E-state index in [-0.39, 0.29) is 11.5 Å². The SMILES string of the molecule is CCn1c(=O)c(-c2ccc(C(=O)N3CCN(C)CC3)cc2)nc2ccccc21. The molecule has 1 aliphatic heterocycles. The summed E-state index contributed by atoms with van der Waals surface area (Å²) in [7, 11) is 2.07. The highest BCUT2D eigenvalue weighted by Gasteiger charge is 2.20. The van der Waals surface area contributed by atoms with Gasteiger partial charge in [-0.2, -0.15) is 0 Å². The van der Waals surface area contributed by atoms with Crippen molar-refractivity contribution in [3.8, 4) is 11.3 Å². The highest BCUT2D eigenvalue weighted by atomic mass is 16.2. The molecule has 4 rings (SSSR count). The van der Waals surface area contributed by atoms with Gasteiger partial charge in [0.2, 0.25) is 0 Å². The van der Waals surface area contributed by atoms with E-state index in [0.29, 0.717) is 17.8 Å². The Morgan fingerprint density at radius 2 is 1.68 bits per heavy atom. The van der Waals surface area contributed by atoms with Crippen LogP contribution in [-0.4, -0.2) is 58.5 Å². The Balaban J connectivity index is 1.67. The molecule has 1 amide bonds. The van der Waals surface area contributed by atoms with Gasteiger partial charge in [0.15, 0.2) is 0 Å². The van der Waals surface area contributed by atoms with Crippen LogP contribution < -0.4 is 5.56 Å². The predicted octanol–water partition coefficient (Wildman–Crippen LogP) is 2.47. The first kappa shape index (κ1) is 18.4. The number of aromatic nitrogens is 2. The van der Waals surface area contributed by atoms with Crippen molar-refractivity contribution in [1.29, 1.82) is 0 Å². The molecule has 0 saturated carbocycles. The largest absolute Gasteiger partial charge is 0.336 e. The van der Waals surface area contributed by atoms with Gasteiger partial charge in [-0.15, -0.1) is 0 Å². The van der Waals surface area contributed by atoms with Crippen LogP contribution in [0.25, 0.3) is 22.3 Å². The summed E-state index contributed by atoms with van der Waals surface area (Å²) in [6, 6.07) is 14.9. The van der Waals surface area contributed by atoms with Gasteiger partial charge in [0, 0.05) is 43.9 Å². The molecule has 6 heteroatoms. The molecule has 28 heavy (non-hydrogen) atoms. The molecule has 0 spiro atoms. The zero-order valence-electron chi connectivity index (χ0n) is 16.3. The van der Waals surface area contributed by atoms with E-state index >= 15 is 0 Å². The lowest BCUT2D eigenvalue weighted by molar-refractivity contribution is 0.0664. The molecule has 0 atom stereocenters. The van der Waals surface area contributed by atoms with E-state index in [9.17, 15) is 9.59 Å². The minimum atomic E-state index is -0.112. The lowest BCUT2D eigenvalue weighted by Gasteiger charge is -2.32. The molecule has 2 aromatic carbocycles. The molecule has 0 radical (unpaired) electrons. The van der Waals surface area contributed by atoms with Crippen LogP contribution in [0.3, 0.4) is 0 Å². The third kappa shape index (κ3) is 3.31. The zero-order chi connectivity index (χ0) is 19.7. The van der Waals surface area contributed by atoms with Crippen LogP contribution in [0.2, 0.25) is 0 Å². The van der Waals surface area contributed by atoms with Crippen LogP contribution in [0, 0.1) is 0 Å². The fraction of sp³-hybridized carbons (Fsp3) is 0.318. The van der Waals surface area contributed by atoms with Crippen LogP contribution in [-0.2, 0) is 6.54 Å². The van der Waals surface area contributed by atoms with Crippen molar-refractivity contribution >= 4 is 16.9 Å². The zero-order valence-corrected chi connectivity index (χ0v) is 16.3. The number of piperazine rings is 1. The lowest BCUT2D eigenvalue weighted by Crippen LogP contribution is -2.47. The van der Waals surface area contributed by atoms with E-state index in [4.69, 9.17) is 0 Å². The molecule has 1 fully saturated rings. The highest BCUT2D eigenvalue weighted by molar-refractivity contribution is 5.94. The second-order valence-corrected chi connectivity index (χ2v) is 7.17. The number of para-hydroxylation sites is 2. The van der Waals surface area contributed by atoms with Crippen molar-refractivity contribution in [3.63, 3.8) is 0 Å². The van der Waals surface area contributed by atoms with Gasteiger partial charge in [0.25, 0.3) is 11.5 Å².